The maximum atomic E-state index is 6.52. The Bertz CT molecular complexity index is 301. The SMILES string of the molecule is CCCC1CCC(CNC2CC2)(OCCC2CCC2)CC1. The van der Waals surface area contributed by atoms with Crippen molar-refractivity contribution >= 4 is 0 Å². The second kappa shape index (κ2) is 7.46. The van der Waals surface area contributed by atoms with Crippen LogP contribution in [0.2, 0.25) is 0 Å². The first kappa shape index (κ1) is 15.8. The highest BCUT2D eigenvalue weighted by atomic mass is 16.5. The van der Waals surface area contributed by atoms with Gasteiger partial charge in [-0.3, -0.25) is 0 Å². The summed E-state index contributed by atoms with van der Waals surface area (Å²) in [7, 11) is 0. The van der Waals surface area contributed by atoms with Crippen molar-refractivity contribution in [2.24, 2.45) is 11.8 Å². The fourth-order valence-corrected chi connectivity index (χ4v) is 4.11. The van der Waals surface area contributed by atoms with Crippen LogP contribution in [0.4, 0.5) is 0 Å². The van der Waals surface area contributed by atoms with Gasteiger partial charge >= 0.3 is 0 Å². The lowest BCUT2D eigenvalue weighted by Crippen LogP contribution is -2.47. The minimum atomic E-state index is 0.177. The third-order valence-electron chi connectivity index (χ3n) is 6.16. The monoisotopic (exact) mass is 293 g/mol. The zero-order valence-corrected chi connectivity index (χ0v) is 14.0. The molecule has 21 heavy (non-hydrogen) atoms. The molecule has 0 radical (unpaired) electrons. The summed E-state index contributed by atoms with van der Waals surface area (Å²) in [5.41, 5.74) is 0.177. The van der Waals surface area contributed by atoms with Gasteiger partial charge in [-0.2, -0.15) is 0 Å². The van der Waals surface area contributed by atoms with Crippen LogP contribution >= 0.6 is 0 Å². The van der Waals surface area contributed by atoms with Gasteiger partial charge in [-0.1, -0.05) is 39.0 Å². The van der Waals surface area contributed by atoms with Crippen molar-refractivity contribution in [1.29, 1.82) is 0 Å². The lowest BCUT2D eigenvalue weighted by atomic mass is 9.76. The van der Waals surface area contributed by atoms with Crippen molar-refractivity contribution in [3.63, 3.8) is 0 Å². The van der Waals surface area contributed by atoms with Gasteiger partial charge in [-0.05, 0) is 56.8 Å². The Morgan fingerprint density at radius 2 is 1.67 bits per heavy atom. The van der Waals surface area contributed by atoms with Gasteiger partial charge in [0.25, 0.3) is 0 Å². The van der Waals surface area contributed by atoms with Gasteiger partial charge in [0.05, 0.1) is 5.60 Å². The van der Waals surface area contributed by atoms with E-state index < -0.39 is 0 Å². The molecular weight excluding hydrogens is 258 g/mol. The molecule has 0 spiro atoms. The summed E-state index contributed by atoms with van der Waals surface area (Å²) in [4.78, 5) is 0. The Hall–Kier alpha value is -0.0800. The van der Waals surface area contributed by atoms with E-state index in [-0.39, 0.29) is 5.60 Å². The van der Waals surface area contributed by atoms with Crippen LogP contribution in [0.25, 0.3) is 0 Å². The summed E-state index contributed by atoms with van der Waals surface area (Å²) in [6.07, 6.45) is 16.6. The van der Waals surface area contributed by atoms with Crippen molar-refractivity contribution in [1.82, 2.24) is 5.32 Å². The van der Waals surface area contributed by atoms with Crippen LogP contribution in [-0.2, 0) is 4.74 Å². The summed E-state index contributed by atoms with van der Waals surface area (Å²) >= 11 is 0. The third-order valence-corrected chi connectivity index (χ3v) is 6.16. The lowest BCUT2D eigenvalue weighted by Gasteiger charge is -2.41. The standard InChI is InChI=1S/C19H35NO/c1-2-4-16-9-12-19(13-10-16,15-20-18-7-8-18)21-14-11-17-5-3-6-17/h16-18,20H,2-15H2,1H3. The van der Waals surface area contributed by atoms with E-state index in [4.69, 9.17) is 4.74 Å². The molecule has 0 aliphatic heterocycles. The summed E-state index contributed by atoms with van der Waals surface area (Å²) in [6.45, 7) is 4.45. The molecule has 2 nitrogen and oxygen atoms in total. The molecule has 3 aliphatic rings. The lowest BCUT2D eigenvalue weighted by molar-refractivity contribution is -0.0828. The number of nitrogens with one attached hydrogen (secondary N) is 1. The molecule has 0 unspecified atom stereocenters. The van der Waals surface area contributed by atoms with Gasteiger partial charge in [0, 0.05) is 19.2 Å². The van der Waals surface area contributed by atoms with Crippen LogP contribution in [0.5, 0.6) is 0 Å². The first-order chi connectivity index (χ1) is 10.3. The Morgan fingerprint density at radius 3 is 2.24 bits per heavy atom. The van der Waals surface area contributed by atoms with E-state index in [2.05, 4.69) is 12.2 Å². The molecule has 3 saturated carbocycles. The fourth-order valence-electron chi connectivity index (χ4n) is 4.11. The topological polar surface area (TPSA) is 21.3 Å². The molecule has 0 aromatic rings. The molecule has 0 saturated heterocycles. The van der Waals surface area contributed by atoms with E-state index in [1.165, 1.54) is 77.0 Å². The van der Waals surface area contributed by atoms with E-state index in [0.717, 1.165) is 31.0 Å². The molecule has 0 amide bonds. The molecule has 0 bridgehead atoms. The molecule has 0 aromatic carbocycles. The Morgan fingerprint density at radius 1 is 0.952 bits per heavy atom. The van der Waals surface area contributed by atoms with Crippen molar-refractivity contribution in [2.45, 2.75) is 95.6 Å². The van der Waals surface area contributed by atoms with Crippen LogP contribution in [-0.4, -0.2) is 24.8 Å². The van der Waals surface area contributed by atoms with Crippen LogP contribution < -0.4 is 5.32 Å². The molecule has 0 aromatic heterocycles. The van der Waals surface area contributed by atoms with Gasteiger partial charge < -0.3 is 10.1 Å². The highest BCUT2D eigenvalue weighted by Gasteiger charge is 2.37. The molecule has 1 N–H and O–H groups in total. The average molecular weight is 293 g/mol. The molecule has 3 fully saturated rings. The fraction of sp³-hybridized carbons (Fsp3) is 1.00. The Kier molecular flexibility index (Phi) is 5.61. The number of hydrogen-bond donors (Lipinski definition) is 1. The van der Waals surface area contributed by atoms with Crippen LogP contribution in [0.1, 0.15) is 84.0 Å². The van der Waals surface area contributed by atoms with Crippen LogP contribution in [0.3, 0.4) is 0 Å². The van der Waals surface area contributed by atoms with E-state index in [0.29, 0.717) is 0 Å². The predicted molar refractivity (Wildman–Crippen MR) is 88.5 cm³/mol. The van der Waals surface area contributed by atoms with E-state index in [1.54, 1.807) is 0 Å². The zero-order valence-electron chi connectivity index (χ0n) is 14.0. The third kappa shape index (κ3) is 4.69. The second-order valence-corrected chi connectivity index (χ2v) is 8.00. The largest absolute Gasteiger partial charge is 0.374 e. The zero-order chi connectivity index (χ0) is 14.5. The number of rotatable bonds is 9. The molecule has 2 heteroatoms. The van der Waals surface area contributed by atoms with Crippen molar-refractivity contribution in [2.75, 3.05) is 13.2 Å². The molecule has 3 rings (SSSR count). The van der Waals surface area contributed by atoms with Crippen LogP contribution in [0, 0.1) is 11.8 Å². The van der Waals surface area contributed by atoms with E-state index >= 15 is 0 Å². The first-order valence-electron chi connectivity index (χ1n) is 9.67. The molecule has 0 atom stereocenters. The molecule has 122 valence electrons. The maximum absolute atomic E-state index is 6.52. The molecular formula is C19H35NO. The van der Waals surface area contributed by atoms with E-state index in [9.17, 15) is 0 Å². The highest BCUT2D eigenvalue weighted by Crippen LogP contribution is 2.38. The van der Waals surface area contributed by atoms with Gasteiger partial charge in [-0.15, -0.1) is 0 Å². The first-order valence-corrected chi connectivity index (χ1v) is 9.67. The van der Waals surface area contributed by atoms with Crippen molar-refractivity contribution < 1.29 is 4.74 Å². The second-order valence-electron chi connectivity index (χ2n) is 8.00. The number of ether oxygens (including phenoxy) is 1. The smallest absolute Gasteiger partial charge is 0.0806 e. The normalized spacial score (nSPS) is 33.9. The van der Waals surface area contributed by atoms with Gasteiger partial charge in [0.1, 0.15) is 0 Å². The summed E-state index contributed by atoms with van der Waals surface area (Å²) in [5, 5.41) is 3.76. The summed E-state index contributed by atoms with van der Waals surface area (Å²) in [6, 6.07) is 0.811. The summed E-state index contributed by atoms with van der Waals surface area (Å²) < 4.78 is 6.52. The molecule has 0 heterocycles. The molecule has 3 aliphatic carbocycles. The minimum absolute atomic E-state index is 0.177. The van der Waals surface area contributed by atoms with Crippen molar-refractivity contribution in [3.05, 3.63) is 0 Å². The van der Waals surface area contributed by atoms with E-state index in [1.807, 2.05) is 0 Å². The minimum Gasteiger partial charge on any atom is -0.374 e. The highest BCUT2D eigenvalue weighted by molar-refractivity contribution is 4.92. The Balaban J connectivity index is 1.45. The van der Waals surface area contributed by atoms with Gasteiger partial charge in [0.2, 0.25) is 0 Å². The van der Waals surface area contributed by atoms with Gasteiger partial charge in [-0.25, -0.2) is 0 Å². The maximum Gasteiger partial charge on any atom is 0.0806 e. The van der Waals surface area contributed by atoms with Gasteiger partial charge in [0.15, 0.2) is 0 Å². The quantitative estimate of drug-likeness (QED) is 0.667. The van der Waals surface area contributed by atoms with Crippen LogP contribution in [0.15, 0.2) is 0 Å². The summed E-state index contributed by atoms with van der Waals surface area (Å²) in [5.74, 6) is 1.95. The predicted octanol–water partition coefficient (Wildman–Crippen LogP) is 4.67. The van der Waals surface area contributed by atoms with Crippen molar-refractivity contribution in [3.8, 4) is 0 Å². The Labute approximate surface area is 131 Å². The average Bonchev–Trinajstić information content (AvgIpc) is 3.27. The number of hydrogen-bond acceptors (Lipinski definition) is 2.